The molecular weight excluding hydrogens is 396 g/mol. The quantitative estimate of drug-likeness (QED) is 0.705. The predicted molar refractivity (Wildman–Crippen MR) is 113 cm³/mol. The van der Waals surface area contributed by atoms with Gasteiger partial charge in [-0.2, -0.15) is 5.10 Å². The molecule has 0 fully saturated rings. The molecule has 8 heteroatoms. The number of benzene rings is 2. The molecule has 2 aromatic carbocycles. The lowest BCUT2D eigenvalue weighted by Gasteiger charge is -2.24. The van der Waals surface area contributed by atoms with Crippen molar-refractivity contribution in [1.82, 2.24) is 15.1 Å². The summed E-state index contributed by atoms with van der Waals surface area (Å²) in [5.41, 5.74) is 2.74. The van der Waals surface area contributed by atoms with Gasteiger partial charge >= 0.3 is 0 Å². The highest BCUT2D eigenvalue weighted by atomic mass is 16.5. The van der Waals surface area contributed by atoms with E-state index in [2.05, 4.69) is 10.4 Å². The number of nitrogens with one attached hydrogen (secondary N) is 1. The topological polar surface area (TPSA) is 85.7 Å². The highest BCUT2D eigenvalue weighted by molar-refractivity contribution is 6.02. The molecule has 0 saturated carbocycles. The van der Waals surface area contributed by atoms with Crippen LogP contribution in [0, 0.1) is 0 Å². The zero-order valence-electron chi connectivity index (χ0n) is 17.0. The van der Waals surface area contributed by atoms with Crippen LogP contribution in [0.25, 0.3) is 0 Å². The fourth-order valence-electron chi connectivity index (χ4n) is 3.96. The van der Waals surface area contributed by atoms with Crippen LogP contribution in [-0.2, 0) is 16.1 Å². The standard InChI is InChI=1S/C23H22N4O4/c1-26-18-9-5-6-10-20(18)31-14-17(23(26)29)24-22(28)16-13-19-21(15-7-3-2-4-8-15)30-12-11-27(19)25-16/h2-10,13,17,21H,11-12,14H2,1H3,(H,24,28)/t17-,21+/m0/s1. The van der Waals surface area contributed by atoms with Gasteiger partial charge in [0.2, 0.25) is 0 Å². The molecule has 1 N–H and O–H groups in total. The van der Waals surface area contributed by atoms with Crippen LogP contribution in [0.4, 0.5) is 5.69 Å². The Bertz CT molecular complexity index is 1130. The second kappa shape index (κ2) is 7.88. The number of hydrogen-bond acceptors (Lipinski definition) is 5. The number of carbonyl (C=O) groups is 2. The van der Waals surface area contributed by atoms with Crippen molar-refractivity contribution in [3.63, 3.8) is 0 Å². The number of rotatable bonds is 3. The normalized spacial score (nSPS) is 20.3. The van der Waals surface area contributed by atoms with E-state index in [9.17, 15) is 9.59 Å². The summed E-state index contributed by atoms with van der Waals surface area (Å²) in [5.74, 6) is -0.0572. The van der Waals surface area contributed by atoms with Gasteiger partial charge in [-0.1, -0.05) is 42.5 Å². The van der Waals surface area contributed by atoms with Crippen LogP contribution >= 0.6 is 0 Å². The lowest BCUT2D eigenvalue weighted by Crippen LogP contribution is -2.49. The molecule has 8 nitrogen and oxygen atoms in total. The van der Waals surface area contributed by atoms with Crippen molar-refractivity contribution in [3.8, 4) is 5.75 Å². The molecule has 3 heterocycles. The molecule has 0 spiro atoms. The molecule has 2 atom stereocenters. The van der Waals surface area contributed by atoms with Gasteiger partial charge in [-0.05, 0) is 23.8 Å². The van der Waals surface area contributed by atoms with E-state index < -0.39 is 11.9 Å². The zero-order valence-corrected chi connectivity index (χ0v) is 17.0. The van der Waals surface area contributed by atoms with Crippen LogP contribution in [0.2, 0.25) is 0 Å². The van der Waals surface area contributed by atoms with Gasteiger partial charge in [0.05, 0.1) is 24.5 Å². The van der Waals surface area contributed by atoms with Crippen molar-refractivity contribution in [2.75, 3.05) is 25.2 Å². The van der Waals surface area contributed by atoms with E-state index in [1.807, 2.05) is 48.5 Å². The molecule has 31 heavy (non-hydrogen) atoms. The second-order valence-electron chi connectivity index (χ2n) is 7.54. The highest BCUT2D eigenvalue weighted by Crippen LogP contribution is 2.31. The van der Waals surface area contributed by atoms with Crippen molar-refractivity contribution < 1.29 is 19.1 Å². The fourth-order valence-corrected chi connectivity index (χ4v) is 3.96. The van der Waals surface area contributed by atoms with Crippen LogP contribution in [-0.4, -0.2) is 47.9 Å². The van der Waals surface area contributed by atoms with Gasteiger partial charge in [0.25, 0.3) is 11.8 Å². The van der Waals surface area contributed by atoms with Crippen molar-refractivity contribution >= 4 is 17.5 Å². The Kier molecular flexibility index (Phi) is 4.91. The number of carbonyl (C=O) groups excluding carboxylic acids is 2. The molecule has 1 aromatic heterocycles. The Morgan fingerprint density at radius 3 is 2.74 bits per heavy atom. The number of nitrogens with zero attached hydrogens (tertiary/aromatic N) is 3. The minimum Gasteiger partial charge on any atom is -0.489 e. The van der Waals surface area contributed by atoms with E-state index in [1.165, 1.54) is 4.90 Å². The number of likely N-dealkylation sites (N-methyl/N-ethyl adjacent to an activating group) is 1. The summed E-state index contributed by atoms with van der Waals surface area (Å²) in [6.45, 7) is 1.12. The van der Waals surface area contributed by atoms with Gasteiger partial charge in [-0.15, -0.1) is 0 Å². The first-order valence-corrected chi connectivity index (χ1v) is 10.2. The molecule has 0 unspecified atom stereocenters. The van der Waals surface area contributed by atoms with E-state index in [0.29, 0.717) is 24.6 Å². The predicted octanol–water partition coefficient (Wildman–Crippen LogP) is 2.16. The Balaban J connectivity index is 1.36. The van der Waals surface area contributed by atoms with E-state index >= 15 is 0 Å². The van der Waals surface area contributed by atoms with Gasteiger partial charge in [0, 0.05) is 7.05 Å². The lowest BCUT2D eigenvalue weighted by molar-refractivity contribution is -0.120. The molecule has 2 amide bonds. The van der Waals surface area contributed by atoms with E-state index in [-0.39, 0.29) is 24.3 Å². The average molecular weight is 418 g/mol. The lowest BCUT2D eigenvalue weighted by atomic mass is 10.1. The second-order valence-corrected chi connectivity index (χ2v) is 7.54. The Labute approximate surface area is 179 Å². The Morgan fingerprint density at radius 2 is 1.90 bits per heavy atom. The van der Waals surface area contributed by atoms with E-state index in [1.54, 1.807) is 23.9 Å². The molecule has 0 radical (unpaired) electrons. The third-order valence-electron chi connectivity index (χ3n) is 5.57. The number of fused-ring (bicyclic) bond motifs is 2. The number of ether oxygens (including phenoxy) is 2. The molecule has 5 rings (SSSR count). The maximum atomic E-state index is 13.0. The first-order chi connectivity index (χ1) is 15.1. The van der Waals surface area contributed by atoms with Gasteiger partial charge in [0.1, 0.15) is 24.5 Å². The summed E-state index contributed by atoms with van der Waals surface area (Å²) in [4.78, 5) is 27.4. The molecule has 2 aliphatic heterocycles. The highest BCUT2D eigenvalue weighted by Gasteiger charge is 2.32. The molecular formula is C23H22N4O4. The number of aromatic nitrogens is 2. The maximum absolute atomic E-state index is 13.0. The molecule has 0 saturated heterocycles. The van der Waals surface area contributed by atoms with Crippen LogP contribution in [0.1, 0.15) is 27.8 Å². The minimum atomic E-state index is -0.815. The summed E-state index contributed by atoms with van der Waals surface area (Å²) in [6, 6.07) is 18.0. The summed E-state index contributed by atoms with van der Waals surface area (Å²) >= 11 is 0. The third kappa shape index (κ3) is 3.55. The SMILES string of the molecule is CN1C(=O)[C@@H](NC(=O)c2cc3n(n2)CCO[C@@H]3c2ccccc2)COc2ccccc21. The van der Waals surface area contributed by atoms with Gasteiger partial charge in [-0.3, -0.25) is 14.3 Å². The Morgan fingerprint density at radius 1 is 1.13 bits per heavy atom. The molecule has 0 bridgehead atoms. The Hall–Kier alpha value is -3.65. The van der Waals surface area contributed by atoms with Gasteiger partial charge in [0.15, 0.2) is 5.69 Å². The fraction of sp³-hybridized carbons (Fsp3) is 0.261. The smallest absolute Gasteiger partial charge is 0.272 e. The summed E-state index contributed by atoms with van der Waals surface area (Å²) in [7, 11) is 1.67. The number of amides is 2. The van der Waals surface area contributed by atoms with Gasteiger partial charge in [-0.25, -0.2) is 0 Å². The van der Waals surface area contributed by atoms with Crippen molar-refractivity contribution in [2.24, 2.45) is 0 Å². The van der Waals surface area contributed by atoms with Gasteiger partial charge < -0.3 is 19.7 Å². The van der Waals surface area contributed by atoms with E-state index in [4.69, 9.17) is 9.47 Å². The summed E-state index contributed by atoms with van der Waals surface area (Å²) < 4.78 is 13.5. The maximum Gasteiger partial charge on any atom is 0.272 e. The average Bonchev–Trinajstić information content (AvgIpc) is 3.22. The largest absolute Gasteiger partial charge is 0.489 e. The van der Waals surface area contributed by atoms with Crippen LogP contribution in [0.15, 0.2) is 60.7 Å². The summed E-state index contributed by atoms with van der Waals surface area (Å²) in [6.07, 6.45) is -0.285. The molecule has 2 aliphatic rings. The summed E-state index contributed by atoms with van der Waals surface area (Å²) in [5, 5.41) is 7.24. The number of anilines is 1. The monoisotopic (exact) mass is 418 g/mol. The first kappa shape index (κ1) is 19.3. The van der Waals surface area contributed by atoms with E-state index in [0.717, 1.165) is 11.3 Å². The number of hydrogen-bond donors (Lipinski definition) is 1. The number of para-hydroxylation sites is 2. The minimum absolute atomic E-state index is 0.0508. The van der Waals surface area contributed by atoms with Crippen molar-refractivity contribution in [2.45, 2.75) is 18.7 Å². The molecule has 0 aliphatic carbocycles. The molecule has 3 aromatic rings. The van der Waals surface area contributed by atoms with Crippen LogP contribution < -0.4 is 15.0 Å². The third-order valence-corrected chi connectivity index (χ3v) is 5.57. The van der Waals surface area contributed by atoms with Crippen LogP contribution in [0.5, 0.6) is 5.75 Å². The zero-order chi connectivity index (χ0) is 21.4. The van der Waals surface area contributed by atoms with Crippen LogP contribution in [0.3, 0.4) is 0 Å². The first-order valence-electron chi connectivity index (χ1n) is 10.2. The van der Waals surface area contributed by atoms with Crippen molar-refractivity contribution in [1.29, 1.82) is 0 Å². The molecule has 158 valence electrons. The van der Waals surface area contributed by atoms with Crippen molar-refractivity contribution in [3.05, 3.63) is 77.6 Å².